The van der Waals surface area contributed by atoms with Crippen LogP contribution in [0, 0.1) is 0 Å². The second-order valence-electron chi connectivity index (χ2n) is 5.37. The molecule has 0 radical (unpaired) electrons. The van der Waals surface area contributed by atoms with Gasteiger partial charge in [-0.25, -0.2) is 0 Å². The van der Waals surface area contributed by atoms with E-state index in [1.54, 1.807) is 0 Å². The second-order valence-corrected chi connectivity index (χ2v) is 5.82. The maximum absolute atomic E-state index is 9.54. The van der Waals surface area contributed by atoms with Crippen LogP contribution in [0.5, 0.6) is 0 Å². The Morgan fingerprint density at radius 1 is 1.17 bits per heavy atom. The first-order valence-corrected chi connectivity index (χ1v) is 6.95. The average Bonchev–Trinajstić information content (AvgIpc) is 2.37. The van der Waals surface area contributed by atoms with Crippen molar-refractivity contribution >= 4 is 23.4 Å². The van der Waals surface area contributed by atoms with Crippen molar-refractivity contribution in [2.75, 3.05) is 5.75 Å². The van der Waals surface area contributed by atoms with E-state index in [0.717, 1.165) is 23.1 Å². The second kappa shape index (κ2) is 5.33. The lowest BCUT2D eigenvalue weighted by Gasteiger charge is -2.25. The molecule has 0 fully saturated rings. The van der Waals surface area contributed by atoms with Gasteiger partial charge in [-0.15, -0.1) is 0 Å². The zero-order valence-corrected chi connectivity index (χ0v) is 11.9. The van der Waals surface area contributed by atoms with Crippen molar-refractivity contribution < 1.29 is 5.11 Å². The monoisotopic (exact) mass is 260 g/mol. The van der Waals surface area contributed by atoms with Gasteiger partial charge in [0, 0.05) is 0 Å². The molecule has 0 aliphatic carbocycles. The number of rotatable bonds is 4. The zero-order chi connectivity index (χ0) is 13.2. The summed E-state index contributed by atoms with van der Waals surface area (Å²) in [6.45, 7) is 4.55. The summed E-state index contributed by atoms with van der Waals surface area (Å²) in [4.78, 5) is 0. The Morgan fingerprint density at radius 2 is 1.89 bits per heavy atom. The molecule has 0 bridgehead atoms. The highest BCUT2D eigenvalue weighted by Gasteiger charge is 2.20. The van der Waals surface area contributed by atoms with Crippen molar-refractivity contribution in [2.24, 2.45) is 0 Å². The molecular formula is C16H20OS. The highest BCUT2D eigenvalue weighted by molar-refractivity contribution is 7.80. The maximum atomic E-state index is 9.54. The molecule has 2 aromatic rings. The van der Waals surface area contributed by atoms with Crippen LogP contribution in [0.15, 0.2) is 36.4 Å². The summed E-state index contributed by atoms with van der Waals surface area (Å²) in [5.74, 6) is 0.869. The van der Waals surface area contributed by atoms with Gasteiger partial charge in [-0.05, 0) is 39.5 Å². The predicted molar refractivity (Wildman–Crippen MR) is 81.4 cm³/mol. The van der Waals surface area contributed by atoms with Gasteiger partial charge in [-0.1, -0.05) is 50.2 Å². The third kappa shape index (κ3) is 2.55. The minimum atomic E-state index is 0.0886. The van der Waals surface area contributed by atoms with Crippen LogP contribution in [0.3, 0.4) is 0 Å². The van der Waals surface area contributed by atoms with E-state index in [2.05, 4.69) is 50.7 Å². The largest absolute Gasteiger partial charge is 0.392 e. The highest BCUT2D eigenvalue weighted by Crippen LogP contribution is 2.32. The van der Waals surface area contributed by atoms with E-state index in [1.165, 1.54) is 10.9 Å². The molecule has 96 valence electrons. The molecule has 0 aliphatic rings. The van der Waals surface area contributed by atoms with E-state index >= 15 is 0 Å². The highest BCUT2D eigenvalue weighted by atomic mass is 32.1. The summed E-state index contributed by atoms with van der Waals surface area (Å²) in [7, 11) is 0. The van der Waals surface area contributed by atoms with Crippen LogP contribution in [-0.2, 0) is 12.0 Å². The van der Waals surface area contributed by atoms with Crippen molar-refractivity contribution in [3.63, 3.8) is 0 Å². The predicted octanol–water partition coefficient (Wildman–Crippen LogP) is 3.93. The average molecular weight is 260 g/mol. The quantitative estimate of drug-likeness (QED) is 0.798. The molecule has 0 saturated heterocycles. The van der Waals surface area contributed by atoms with Gasteiger partial charge in [0.1, 0.15) is 0 Å². The molecule has 0 atom stereocenters. The van der Waals surface area contributed by atoms with Crippen LogP contribution >= 0.6 is 12.6 Å². The Balaban J connectivity index is 2.60. The molecular weight excluding hydrogens is 240 g/mol. The van der Waals surface area contributed by atoms with Crippen LogP contribution < -0.4 is 0 Å². The van der Waals surface area contributed by atoms with E-state index in [0.29, 0.717) is 0 Å². The smallest absolute Gasteiger partial charge is 0.0687 e. The van der Waals surface area contributed by atoms with Crippen molar-refractivity contribution in [1.82, 2.24) is 0 Å². The third-order valence-electron chi connectivity index (χ3n) is 3.64. The molecule has 1 nitrogen and oxygen atoms in total. The fourth-order valence-electron chi connectivity index (χ4n) is 2.34. The first-order chi connectivity index (χ1) is 8.58. The minimum absolute atomic E-state index is 0.0886. The molecule has 0 spiro atoms. The number of aliphatic hydroxyl groups is 1. The molecule has 1 N–H and O–H groups in total. The number of hydrogen-bond donors (Lipinski definition) is 2. The lowest BCUT2D eigenvalue weighted by Crippen LogP contribution is -2.18. The van der Waals surface area contributed by atoms with E-state index in [4.69, 9.17) is 0 Å². The fraction of sp³-hybridized carbons (Fsp3) is 0.375. The number of benzene rings is 2. The van der Waals surface area contributed by atoms with Gasteiger partial charge in [0.2, 0.25) is 0 Å². The first-order valence-electron chi connectivity index (χ1n) is 6.32. The van der Waals surface area contributed by atoms with Crippen molar-refractivity contribution in [3.8, 4) is 0 Å². The fourth-order valence-corrected chi connectivity index (χ4v) is 2.89. The number of fused-ring (bicyclic) bond motifs is 1. The summed E-state index contributed by atoms with van der Waals surface area (Å²) in [5.41, 5.74) is 2.38. The van der Waals surface area contributed by atoms with Crippen LogP contribution in [-0.4, -0.2) is 10.9 Å². The minimum Gasteiger partial charge on any atom is -0.392 e. The molecule has 2 heteroatoms. The summed E-state index contributed by atoms with van der Waals surface area (Å²) in [6.07, 6.45) is 1.03. The van der Waals surface area contributed by atoms with Crippen molar-refractivity contribution in [3.05, 3.63) is 47.5 Å². The molecule has 0 unspecified atom stereocenters. The van der Waals surface area contributed by atoms with Crippen LogP contribution in [0.2, 0.25) is 0 Å². The normalized spacial score (nSPS) is 12.0. The van der Waals surface area contributed by atoms with Gasteiger partial charge in [0.15, 0.2) is 0 Å². The molecule has 0 amide bonds. The third-order valence-corrected chi connectivity index (χ3v) is 3.86. The number of hydrogen-bond acceptors (Lipinski definition) is 2. The van der Waals surface area contributed by atoms with Gasteiger partial charge in [0.25, 0.3) is 0 Å². The summed E-state index contributed by atoms with van der Waals surface area (Å²) >= 11 is 4.34. The Labute approximate surface area is 114 Å². The summed E-state index contributed by atoms with van der Waals surface area (Å²) in [6, 6.07) is 12.6. The Hall–Kier alpha value is -0.990. The zero-order valence-electron chi connectivity index (χ0n) is 11.0. The maximum Gasteiger partial charge on any atom is 0.0687 e. The van der Waals surface area contributed by atoms with E-state index < -0.39 is 0 Å². The van der Waals surface area contributed by atoms with Crippen molar-refractivity contribution in [1.29, 1.82) is 0 Å². The van der Waals surface area contributed by atoms with Gasteiger partial charge < -0.3 is 5.11 Å². The van der Waals surface area contributed by atoms with E-state index in [1.807, 2.05) is 12.1 Å². The molecule has 0 heterocycles. The molecule has 18 heavy (non-hydrogen) atoms. The Kier molecular flexibility index (Phi) is 3.98. The first kappa shape index (κ1) is 13.4. The number of thiol groups is 1. The standard InChI is InChI=1S/C16H20OS/c1-16(2,7-8-18)14-9-12-5-3-4-6-15(12)13(10-14)11-17/h3-6,9-10,17-18H,7-8,11H2,1-2H3. The van der Waals surface area contributed by atoms with Gasteiger partial charge in [-0.2, -0.15) is 12.6 Å². The van der Waals surface area contributed by atoms with Crippen LogP contribution in [0.4, 0.5) is 0 Å². The lowest BCUT2D eigenvalue weighted by atomic mass is 9.80. The van der Waals surface area contributed by atoms with Crippen LogP contribution in [0.1, 0.15) is 31.4 Å². The Bertz CT molecular complexity index is 546. The van der Waals surface area contributed by atoms with Crippen LogP contribution in [0.25, 0.3) is 10.8 Å². The SMILES string of the molecule is CC(C)(CCS)c1cc(CO)c2ccccc2c1. The topological polar surface area (TPSA) is 20.2 Å². The van der Waals surface area contributed by atoms with E-state index in [-0.39, 0.29) is 12.0 Å². The molecule has 0 saturated carbocycles. The Morgan fingerprint density at radius 3 is 2.56 bits per heavy atom. The summed E-state index contributed by atoms with van der Waals surface area (Å²) in [5, 5.41) is 11.9. The molecule has 0 aliphatic heterocycles. The molecule has 0 aromatic heterocycles. The van der Waals surface area contributed by atoms with Gasteiger partial charge >= 0.3 is 0 Å². The lowest BCUT2D eigenvalue weighted by molar-refractivity contribution is 0.283. The van der Waals surface area contributed by atoms with Gasteiger partial charge in [0.05, 0.1) is 6.61 Å². The molecule has 2 rings (SSSR count). The van der Waals surface area contributed by atoms with E-state index in [9.17, 15) is 5.11 Å². The van der Waals surface area contributed by atoms with Crippen molar-refractivity contribution in [2.45, 2.75) is 32.3 Å². The summed E-state index contributed by atoms with van der Waals surface area (Å²) < 4.78 is 0. The number of aliphatic hydroxyl groups excluding tert-OH is 1. The molecule has 2 aromatic carbocycles. The van der Waals surface area contributed by atoms with Gasteiger partial charge in [-0.3, -0.25) is 0 Å².